The Kier molecular flexibility index (Phi) is 4.85. The Balaban J connectivity index is 2.60. The van der Waals surface area contributed by atoms with Crippen molar-refractivity contribution in [3.8, 4) is 0 Å². The molecule has 6 nitrogen and oxygen atoms in total. The van der Waals surface area contributed by atoms with Gasteiger partial charge in [0.15, 0.2) is 0 Å². The number of nitrogens with zero attached hydrogens (tertiary/aromatic N) is 1. The summed E-state index contributed by atoms with van der Waals surface area (Å²) >= 11 is 0. The minimum absolute atomic E-state index is 0.114. The molecule has 94 valence electrons. The number of carbonyl (C=O) groups excluding carboxylic acids is 1. The van der Waals surface area contributed by atoms with Gasteiger partial charge in [-0.05, 0) is 6.92 Å². The van der Waals surface area contributed by atoms with Crippen LogP contribution < -0.4 is 4.72 Å². The highest BCUT2D eigenvalue weighted by Gasteiger charge is 2.27. The number of rotatable bonds is 5. The van der Waals surface area contributed by atoms with Gasteiger partial charge in [0.05, 0.1) is 19.3 Å². The molecule has 1 aliphatic heterocycles. The average molecular weight is 250 g/mol. The molecule has 1 atom stereocenters. The maximum atomic E-state index is 11.8. The van der Waals surface area contributed by atoms with Crippen LogP contribution in [0.25, 0.3) is 0 Å². The molecule has 7 heteroatoms. The first-order valence-corrected chi connectivity index (χ1v) is 6.79. The lowest BCUT2D eigenvalue weighted by Gasteiger charge is -2.27. The molecular formula is C9H18N2O4S. The summed E-state index contributed by atoms with van der Waals surface area (Å²) in [4.78, 5) is 11.3. The van der Waals surface area contributed by atoms with Gasteiger partial charge in [-0.1, -0.05) is 6.92 Å². The fourth-order valence-electron chi connectivity index (χ4n) is 1.46. The van der Waals surface area contributed by atoms with Gasteiger partial charge < -0.3 is 4.74 Å². The third-order valence-corrected chi connectivity index (χ3v) is 4.16. The van der Waals surface area contributed by atoms with E-state index in [9.17, 15) is 13.2 Å². The second-order valence-corrected chi connectivity index (χ2v) is 5.38. The summed E-state index contributed by atoms with van der Waals surface area (Å²) in [5, 5.41) is 0. The minimum atomic E-state index is -3.56. The van der Waals surface area contributed by atoms with Crippen molar-refractivity contribution in [1.82, 2.24) is 9.03 Å². The summed E-state index contributed by atoms with van der Waals surface area (Å²) in [6.45, 7) is 4.74. The van der Waals surface area contributed by atoms with E-state index >= 15 is 0 Å². The average Bonchev–Trinajstić information content (AvgIpc) is 2.28. The van der Waals surface area contributed by atoms with Crippen molar-refractivity contribution in [1.29, 1.82) is 0 Å². The molecule has 0 saturated carbocycles. The second kappa shape index (κ2) is 5.72. The molecule has 1 heterocycles. The molecule has 0 spiro atoms. The van der Waals surface area contributed by atoms with Gasteiger partial charge >= 0.3 is 0 Å². The van der Waals surface area contributed by atoms with Crippen LogP contribution in [0.3, 0.4) is 0 Å². The molecule has 0 aromatic rings. The Morgan fingerprint density at radius 2 is 2.00 bits per heavy atom. The molecular weight excluding hydrogens is 232 g/mol. The van der Waals surface area contributed by atoms with E-state index in [4.69, 9.17) is 4.74 Å². The van der Waals surface area contributed by atoms with Crippen LogP contribution in [0.5, 0.6) is 0 Å². The molecule has 1 unspecified atom stereocenters. The number of carbonyl (C=O) groups is 1. The number of Topliss-reactive ketones (excluding diaryl/α,β-unsaturated/α-hetero) is 1. The molecule has 0 radical (unpaired) electrons. The topological polar surface area (TPSA) is 75.7 Å². The number of hydrogen-bond donors (Lipinski definition) is 1. The van der Waals surface area contributed by atoms with Crippen molar-refractivity contribution in [2.45, 2.75) is 26.3 Å². The van der Waals surface area contributed by atoms with Gasteiger partial charge in [-0.2, -0.15) is 17.4 Å². The predicted molar refractivity (Wildman–Crippen MR) is 59.2 cm³/mol. The van der Waals surface area contributed by atoms with Crippen molar-refractivity contribution in [2.75, 3.05) is 26.3 Å². The zero-order valence-electron chi connectivity index (χ0n) is 9.60. The van der Waals surface area contributed by atoms with Crippen molar-refractivity contribution in [2.24, 2.45) is 0 Å². The maximum Gasteiger partial charge on any atom is 0.280 e. The number of hydrogen-bond acceptors (Lipinski definition) is 4. The van der Waals surface area contributed by atoms with Gasteiger partial charge in [-0.3, -0.25) is 4.79 Å². The van der Waals surface area contributed by atoms with Gasteiger partial charge in [-0.25, -0.2) is 0 Å². The summed E-state index contributed by atoms with van der Waals surface area (Å²) in [6, 6.07) is -0.669. The van der Waals surface area contributed by atoms with Crippen LogP contribution in [0.2, 0.25) is 0 Å². The van der Waals surface area contributed by atoms with Gasteiger partial charge in [0.2, 0.25) is 0 Å². The van der Waals surface area contributed by atoms with Crippen molar-refractivity contribution in [3.05, 3.63) is 0 Å². The molecule has 1 rings (SSSR count). The normalized spacial score (nSPS) is 20.6. The molecule has 0 aliphatic carbocycles. The van der Waals surface area contributed by atoms with Crippen molar-refractivity contribution in [3.63, 3.8) is 0 Å². The molecule has 1 saturated heterocycles. The molecule has 1 fully saturated rings. The third-order valence-electron chi connectivity index (χ3n) is 2.47. The van der Waals surface area contributed by atoms with E-state index in [0.717, 1.165) is 0 Å². The quantitative estimate of drug-likeness (QED) is 0.715. The first-order chi connectivity index (χ1) is 7.47. The van der Waals surface area contributed by atoms with Crippen molar-refractivity contribution >= 4 is 16.0 Å². The Morgan fingerprint density at radius 1 is 1.44 bits per heavy atom. The molecule has 16 heavy (non-hydrogen) atoms. The van der Waals surface area contributed by atoms with Crippen LogP contribution >= 0.6 is 0 Å². The Labute approximate surface area is 96.1 Å². The van der Waals surface area contributed by atoms with Crippen LogP contribution in [0, 0.1) is 0 Å². The lowest BCUT2D eigenvalue weighted by molar-refractivity contribution is -0.120. The Hall–Kier alpha value is -0.500. The highest BCUT2D eigenvalue weighted by molar-refractivity contribution is 7.87. The highest BCUT2D eigenvalue weighted by atomic mass is 32.2. The van der Waals surface area contributed by atoms with E-state index in [1.807, 2.05) is 0 Å². The largest absolute Gasteiger partial charge is 0.379 e. The van der Waals surface area contributed by atoms with E-state index < -0.39 is 16.3 Å². The van der Waals surface area contributed by atoms with Gasteiger partial charge in [0, 0.05) is 19.5 Å². The summed E-state index contributed by atoms with van der Waals surface area (Å²) in [6.07, 6.45) is 0.326. The third kappa shape index (κ3) is 3.51. The molecule has 0 aromatic carbocycles. The SMILES string of the molecule is CCC(=O)C(C)NS(=O)(=O)N1CCOCC1. The second-order valence-electron chi connectivity index (χ2n) is 3.68. The minimum Gasteiger partial charge on any atom is -0.379 e. The fraction of sp³-hybridized carbons (Fsp3) is 0.889. The molecule has 0 aromatic heterocycles. The predicted octanol–water partition coefficient (Wildman–Crippen LogP) is -0.479. The Bertz CT molecular complexity index is 335. The summed E-state index contributed by atoms with van der Waals surface area (Å²) in [7, 11) is -3.56. The highest BCUT2D eigenvalue weighted by Crippen LogP contribution is 2.04. The smallest absolute Gasteiger partial charge is 0.280 e. The zero-order chi connectivity index (χ0) is 12.2. The summed E-state index contributed by atoms with van der Waals surface area (Å²) in [5.41, 5.74) is 0. The van der Waals surface area contributed by atoms with E-state index in [-0.39, 0.29) is 5.78 Å². The van der Waals surface area contributed by atoms with Crippen LogP contribution in [0.15, 0.2) is 0 Å². The maximum absolute atomic E-state index is 11.8. The molecule has 1 aliphatic rings. The summed E-state index contributed by atoms with van der Waals surface area (Å²) in [5.74, 6) is -0.114. The van der Waals surface area contributed by atoms with Crippen LogP contribution in [0.4, 0.5) is 0 Å². The molecule has 0 bridgehead atoms. The monoisotopic (exact) mass is 250 g/mol. The van der Waals surface area contributed by atoms with E-state index in [0.29, 0.717) is 32.7 Å². The number of nitrogens with one attached hydrogen (secondary N) is 1. The lowest BCUT2D eigenvalue weighted by Crippen LogP contribution is -2.50. The van der Waals surface area contributed by atoms with Crippen LogP contribution in [-0.4, -0.2) is 50.9 Å². The van der Waals surface area contributed by atoms with Crippen LogP contribution in [0.1, 0.15) is 20.3 Å². The number of ketones is 1. The molecule has 1 N–H and O–H groups in total. The van der Waals surface area contributed by atoms with E-state index in [1.165, 1.54) is 4.31 Å². The van der Waals surface area contributed by atoms with Gasteiger partial charge in [0.1, 0.15) is 5.78 Å². The molecule has 0 amide bonds. The fourth-order valence-corrected chi connectivity index (χ4v) is 2.81. The summed E-state index contributed by atoms with van der Waals surface area (Å²) < 4.78 is 32.4. The standard InChI is InChI=1S/C9H18N2O4S/c1-3-9(12)8(2)10-16(13,14)11-4-6-15-7-5-11/h8,10H,3-7H2,1-2H3. The number of ether oxygens (including phenoxy) is 1. The number of morpholine rings is 1. The first kappa shape index (κ1) is 13.6. The van der Waals surface area contributed by atoms with E-state index in [2.05, 4.69) is 4.72 Å². The Morgan fingerprint density at radius 3 is 2.50 bits per heavy atom. The van der Waals surface area contributed by atoms with Gasteiger partial charge in [0.25, 0.3) is 10.2 Å². The van der Waals surface area contributed by atoms with E-state index in [1.54, 1.807) is 13.8 Å². The van der Waals surface area contributed by atoms with Crippen molar-refractivity contribution < 1.29 is 17.9 Å². The van der Waals surface area contributed by atoms with Gasteiger partial charge in [-0.15, -0.1) is 0 Å². The zero-order valence-corrected chi connectivity index (χ0v) is 10.4. The lowest BCUT2D eigenvalue weighted by atomic mass is 10.2. The first-order valence-electron chi connectivity index (χ1n) is 5.35. The van der Waals surface area contributed by atoms with Crippen LogP contribution in [-0.2, 0) is 19.7 Å².